The number of nitrogens with zero attached hydrogens (tertiary/aromatic N) is 1. The number of nitro benzene ring substituents is 1. The first-order valence-electron chi connectivity index (χ1n) is 7.19. The fraction of sp³-hybridized carbons (Fsp3) is 0.533. The van der Waals surface area contributed by atoms with Crippen LogP contribution in [0, 0.1) is 10.1 Å². The van der Waals surface area contributed by atoms with Gasteiger partial charge in [0, 0.05) is 6.07 Å². The van der Waals surface area contributed by atoms with Gasteiger partial charge in [-0.15, -0.1) is 0 Å². The molecule has 1 aliphatic carbocycles. The van der Waals surface area contributed by atoms with Crippen LogP contribution in [0.5, 0.6) is 5.75 Å². The molecule has 1 aliphatic rings. The van der Waals surface area contributed by atoms with E-state index in [4.69, 9.17) is 9.47 Å². The van der Waals surface area contributed by atoms with E-state index in [2.05, 4.69) is 21.2 Å². The molecule has 0 heterocycles. The first-order valence-corrected chi connectivity index (χ1v) is 7.98. The minimum absolute atomic E-state index is 0.0625. The van der Waals surface area contributed by atoms with Crippen LogP contribution in [0.3, 0.4) is 0 Å². The number of nitro groups is 1. The SMILES string of the molecule is CC(C)(C)OC(=O)NC1(COc2cccc([N+](=O)[O-])c2Br)CC1. The van der Waals surface area contributed by atoms with Crippen LogP contribution in [0.25, 0.3) is 0 Å². The van der Waals surface area contributed by atoms with Crippen molar-refractivity contribution in [2.24, 2.45) is 0 Å². The Morgan fingerprint density at radius 1 is 1.43 bits per heavy atom. The molecule has 0 aliphatic heterocycles. The third-order valence-corrected chi connectivity index (χ3v) is 4.06. The summed E-state index contributed by atoms with van der Waals surface area (Å²) in [5, 5.41) is 13.7. The zero-order valence-corrected chi connectivity index (χ0v) is 14.8. The molecule has 23 heavy (non-hydrogen) atoms. The van der Waals surface area contributed by atoms with Crippen LogP contribution in [0.4, 0.5) is 10.5 Å². The third-order valence-electron chi connectivity index (χ3n) is 3.26. The van der Waals surface area contributed by atoms with Gasteiger partial charge in [0.1, 0.15) is 22.4 Å². The number of nitrogens with one attached hydrogen (secondary N) is 1. The van der Waals surface area contributed by atoms with E-state index in [1.807, 2.05) is 0 Å². The van der Waals surface area contributed by atoms with E-state index in [1.165, 1.54) is 6.07 Å². The third kappa shape index (κ3) is 4.82. The average molecular weight is 387 g/mol. The summed E-state index contributed by atoms with van der Waals surface area (Å²) in [7, 11) is 0. The lowest BCUT2D eigenvalue weighted by Gasteiger charge is -2.23. The zero-order valence-electron chi connectivity index (χ0n) is 13.2. The molecular weight excluding hydrogens is 368 g/mol. The molecule has 0 spiro atoms. The van der Waals surface area contributed by atoms with E-state index in [0.29, 0.717) is 5.75 Å². The Morgan fingerprint density at radius 3 is 2.61 bits per heavy atom. The van der Waals surface area contributed by atoms with Gasteiger partial charge in [-0.05, 0) is 55.6 Å². The van der Waals surface area contributed by atoms with Crippen molar-refractivity contribution in [3.8, 4) is 5.75 Å². The fourth-order valence-corrected chi connectivity index (χ4v) is 2.47. The largest absolute Gasteiger partial charge is 0.490 e. The summed E-state index contributed by atoms with van der Waals surface area (Å²) in [5.41, 5.74) is -1.09. The van der Waals surface area contributed by atoms with Crippen molar-refractivity contribution >= 4 is 27.7 Å². The minimum Gasteiger partial charge on any atom is -0.490 e. The molecule has 1 fully saturated rings. The Labute approximate surface area is 142 Å². The Hall–Kier alpha value is -1.83. The number of rotatable bonds is 5. The van der Waals surface area contributed by atoms with E-state index in [-0.39, 0.29) is 16.8 Å². The molecule has 7 nitrogen and oxygen atoms in total. The minimum atomic E-state index is -0.565. The van der Waals surface area contributed by atoms with Crippen LogP contribution in [0.1, 0.15) is 33.6 Å². The van der Waals surface area contributed by atoms with Crippen LogP contribution >= 0.6 is 15.9 Å². The second kappa shape index (κ2) is 6.35. The summed E-state index contributed by atoms with van der Waals surface area (Å²) in [6.45, 7) is 5.61. The van der Waals surface area contributed by atoms with E-state index in [0.717, 1.165) is 12.8 Å². The van der Waals surface area contributed by atoms with Crippen molar-refractivity contribution in [3.63, 3.8) is 0 Å². The standard InChI is InChI=1S/C15H19BrN2O5/c1-14(2,3)23-13(19)17-15(7-8-15)9-22-11-6-4-5-10(12(11)16)18(20)21/h4-6H,7-9H2,1-3H3,(H,17,19). The van der Waals surface area contributed by atoms with E-state index >= 15 is 0 Å². The molecule has 0 atom stereocenters. The molecule has 2 rings (SSSR count). The molecule has 8 heteroatoms. The van der Waals surface area contributed by atoms with Crippen LogP contribution in [-0.2, 0) is 4.74 Å². The highest BCUT2D eigenvalue weighted by molar-refractivity contribution is 9.10. The van der Waals surface area contributed by atoms with Gasteiger partial charge in [0.15, 0.2) is 0 Å². The molecule has 1 aromatic carbocycles. The number of hydrogen-bond acceptors (Lipinski definition) is 5. The highest BCUT2D eigenvalue weighted by Crippen LogP contribution is 2.39. The number of carbonyl (C=O) groups excluding carboxylic acids is 1. The number of ether oxygens (including phenoxy) is 2. The Kier molecular flexibility index (Phi) is 4.84. The van der Waals surface area contributed by atoms with Crippen molar-refractivity contribution in [2.75, 3.05) is 6.61 Å². The normalized spacial score (nSPS) is 15.7. The summed E-state index contributed by atoms with van der Waals surface area (Å²) < 4.78 is 11.2. The summed E-state index contributed by atoms with van der Waals surface area (Å²) in [4.78, 5) is 22.3. The lowest BCUT2D eigenvalue weighted by Crippen LogP contribution is -2.44. The molecule has 0 saturated heterocycles. The number of carbonyl (C=O) groups is 1. The average Bonchev–Trinajstić information content (AvgIpc) is 3.14. The monoisotopic (exact) mass is 386 g/mol. The van der Waals surface area contributed by atoms with Crippen molar-refractivity contribution in [1.82, 2.24) is 5.32 Å². The molecule has 1 aromatic rings. The highest BCUT2D eigenvalue weighted by atomic mass is 79.9. The molecular formula is C15H19BrN2O5. The topological polar surface area (TPSA) is 90.7 Å². The summed E-state index contributed by atoms with van der Waals surface area (Å²) in [6.07, 6.45) is 1.06. The van der Waals surface area contributed by atoms with Crippen LogP contribution in [0.2, 0.25) is 0 Å². The number of alkyl carbamates (subject to hydrolysis) is 1. The van der Waals surface area contributed by atoms with Gasteiger partial charge in [-0.1, -0.05) is 6.07 Å². The first kappa shape index (κ1) is 17.5. The molecule has 0 bridgehead atoms. The van der Waals surface area contributed by atoms with Gasteiger partial charge in [0.05, 0.1) is 10.5 Å². The number of hydrogen-bond donors (Lipinski definition) is 1. The van der Waals surface area contributed by atoms with Crippen LogP contribution < -0.4 is 10.1 Å². The van der Waals surface area contributed by atoms with Crippen molar-refractivity contribution in [1.29, 1.82) is 0 Å². The maximum absolute atomic E-state index is 11.8. The Balaban J connectivity index is 1.97. The molecule has 1 saturated carbocycles. The Bertz CT molecular complexity index is 623. The zero-order chi connectivity index (χ0) is 17.3. The van der Waals surface area contributed by atoms with Crippen molar-refractivity contribution < 1.29 is 19.2 Å². The van der Waals surface area contributed by atoms with Crippen LogP contribution in [-0.4, -0.2) is 28.8 Å². The van der Waals surface area contributed by atoms with Crippen molar-refractivity contribution in [2.45, 2.75) is 44.8 Å². The summed E-state index contributed by atoms with van der Waals surface area (Å²) >= 11 is 3.18. The van der Waals surface area contributed by atoms with Gasteiger partial charge >= 0.3 is 6.09 Å². The molecule has 0 aromatic heterocycles. The lowest BCUT2D eigenvalue weighted by atomic mass is 10.2. The lowest BCUT2D eigenvalue weighted by molar-refractivity contribution is -0.385. The van der Waals surface area contributed by atoms with Gasteiger partial charge in [-0.25, -0.2) is 4.79 Å². The second-order valence-corrected chi connectivity index (χ2v) is 7.34. The Morgan fingerprint density at radius 2 is 2.09 bits per heavy atom. The fourth-order valence-electron chi connectivity index (χ4n) is 1.94. The maximum atomic E-state index is 11.8. The predicted molar refractivity (Wildman–Crippen MR) is 87.6 cm³/mol. The second-order valence-electron chi connectivity index (χ2n) is 6.54. The number of benzene rings is 1. The van der Waals surface area contributed by atoms with E-state index in [1.54, 1.807) is 32.9 Å². The van der Waals surface area contributed by atoms with Gasteiger partial charge < -0.3 is 14.8 Å². The number of halogens is 1. The first-order chi connectivity index (χ1) is 10.6. The molecule has 1 N–H and O–H groups in total. The summed E-state index contributed by atoms with van der Waals surface area (Å²) in [6, 6.07) is 4.59. The van der Waals surface area contributed by atoms with E-state index < -0.39 is 22.2 Å². The predicted octanol–water partition coefficient (Wildman–Crippen LogP) is 3.79. The van der Waals surface area contributed by atoms with Gasteiger partial charge in [-0.2, -0.15) is 0 Å². The maximum Gasteiger partial charge on any atom is 0.408 e. The summed E-state index contributed by atoms with van der Waals surface area (Å²) in [5.74, 6) is 0.372. The van der Waals surface area contributed by atoms with Crippen LogP contribution in [0.15, 0.2) is 22.7 Å². The smallest absolute Gasteiger partial charge is 0.408 e. The molecule has 0 unspecified atom stereocenters. The van der Waals surface area contributed by atoms with E-state index in [9.17, 15) is 14.9 Å². The highest BCUT2D eigenvalue weighted by Gasteiger charge is 2.46. The molecule has 1 amide bonds. The molecule has 126 valence electrons. The van der Waals surface area contributed by atoms with Gasteiger partial charge in [0.25, 0.3) is 5.69 Å². The van der Waals surface area contributed by atoms with Crippen molar-refractivity contribution in [3.05, 3.63) is 32.8 Å². The van der Waals surface area contributed by atoms with Gasteiger partial charge in [0.2, 0.25) is 0 Å². The van der Waals surface area contributed by atoms with Gasteiger partial charge in [-0.3, -0.25) is 10.1 Å². The molecule has 0 radical (unpaired) electrons. The quantitative estimate of drug-likeness (QED) is 0.613. The number of amides is 1.